The first-order valence-electron chi connectivity index (χ1n) is 10.7. The summed E-state index contributed by atoms with van der Waals surface area (Å²) < 4.78 is 27.1. The quantitative estimate of drug-likeness (QED) is 0.132. The van der Waals surface area contributed by atoms with Crippen LogP contribution in [0.2, 0.25) is 0 Å². The molecular formula is C26H19NO9. The summed E-state index contributed by atoms with van der Waals surface area (Å²) in [4.78, 5) is 51.2. The van der Waals surface area contributed by atoms with Crippen LogP contribution in [0.4, 0.5) is 0 Å². The summed E-state index contributed by atoms with van der Waals surface area (Å²) >= 11 is 0. The first-order valence-corrected chi connectivity index (χ1v) is 10.7. The highest BCUT2D eigenvalue weighted by molar-refractivity contribution is 6.22. The van der Waals surface area contributed by atoms with Gasteiger partial charge in [0.25, 0.3) is 11.8 Å². The number of benzene rings is 3. The summed E-state index contributed by atoms with van der Waals surface area (Å²) in [6.07, 6.45) is 0. The molecule has 10 heteroatoms. The average molecular weight is 489 g/mol. The molecule has 0 saturated carbocycles. The van der Waals surface area contributed by atoms with E-state index >= 15 is 0 Å². The van der Waals surface area contributed by atoms with Crippen molar-refractivity contribution in [3.8, 4) is 23.0 Å². The number of carbonyl (C=O) groups is 3. The van der Waals surface area contributed by atoms with Crippen molar-refractivity contribution in [1.29, 1.82) is 0 Å². The lowest BCUT2D eigenvalue weighted by Crippen LogP contribution is -2.36. The van der Waals surface area contributed by atoms with Gasteiger partial charge in [0.05, 0.1) is 37.8 Å². The number of imide groups is 1. The van der Waals surface area contributed by atoms with Crippen LogP contribution in [-0.4, -0.2) is 50.6 Å². The monoisotopic (exact) mass is 489 g/mol. The van der Waals surface area contributed by atoms with Crippen LogP contribution in [0.1, 0.15) is 20.7 Å². The van der Waals surface area contributed by atoms with Gasteiger partial charge in [0.15, 0.2) is 11.5 Å². The maximum Gasteiger partial charge on any atom is 0.344 e. The fraction of sp³-hybridized carbons (Fsp3) is 0.154. The van der Waals surface area contributed by atoms with E-state index < -0.39 is 30.0 Å². The van der Waals surface area contributed by atoms with Gasteiger partial charge >= 0.3 is 11.6 Å². The van der Waals surface area contributed by atoms with E-state index in [-0.39, 0.29) is 33.6 Å². The maximum atomic E-state index is 12.8. The van der Waals surface area contributed by atoms with Crippen molar-refractivity contribution in [3.05, 3.63) is 70.1 Å². The second kappa shape index (κ2) is 8.73. The van der Waals surface area contributed by atoms with Crippen molar-refractivity contribution in [2.75, 3.05) is 27.9 Å². The molecule has 3 aromatic carbocycles. The van der Waals surface area contributed by atoms with Gasteiger partial charge in [-0.05, 0) is 30.3 Å². The van der Waals surface area contributed by atoms with Gasteiger partial charge in [-0.3, -0.25) is 14.5 Å². The normalized spacial score (nSPS) is 12.7. The van der Waals surface area contributed by atoms with Crippen LogP contribution in [0.5, 0.6) is 23.0 Å². The summed E-state index contributed by atoms with van der Waals surface area (Å²) in [6, 6.07) is 12.3. The predicted molar refractivity (Wildman–Crippen MR) is 127 cm³/mol. The molecule has 182 valence electrons. The van der Waals surface area contributed by atoms with Crippen LogP contribution in [-0.2, 0) is 4.79 Å². The Labute approximate surface area is 203 Å². The number of nitrogens with zero attached hydrogens (tertiary/aromatic N) is 1. The number of fused-ring (bicyclic) bond motifs is 4. The third-order valence-corrected chi connectivity index (χ3v) is 5.87. The van der Waals surface area contributed by atoms with Crippen molar-refractivity contribution in [2.45, 2.75) is 0 Å². The van der Waals surface area contributed by atoms with E-state index in [0.717, 1.165) is 4.90 Å². The summed E-state index contributed by atoms with van der Waals surface area (Å²) in [5.41, 5.74) is -0.0679. The largest absolute Gasteiger partial charge is 0.493 e. The van der Waals surface area contributed by atoms with E-state index in [1.165, 1.54) is 51.7 Å². The van der Waals surface area contributed by atoms with E-state index in [2.05, 4.69) is 0 Å². The third kappa shape index (κ3) is 3.50. The molecule has 4 aromatic rings. The van der Waals surface area contributed by atoms with Crippen molar-refractivity contribution in [3.63, 3.8) is 0 Å². The second-order valence-electron chi connectivity index (χ2n) is 7.83. The molecule has 1 aliphatic rings. The molecule has 2 amide bonds. The van der Waals surface area contributed by atoms with Gasteiger partial charge in [-0.15, -0.1) is 0 Å². The molecule has 1 aromatic heterocycles. The molecule has 2 heterocycles. The zero-order chi connectivity index (χ0) is 25.6. The lowest BCUT2D eigenvalue weighted by Gasteiger charge is -2.16. The highest BCUT2D eigenvalue weighted by Gasteiger charge is 2.36. The highest BCUT2D eigenvalue weighted by atomic mass is 16.5. The van der Waals surface area contributed by atoms with Gasteiger partial charge in [0.1, 0.15) is 17.9 Å². The Bertz CT molecular complexity index is 1600. The Kier molecular flexibility index (Phi) is 5.56. The standard InChI is InChI=1S/C26H19NO9/c1-32-19-11-17-21(23(34-3)22(19)33-2)16-9-8-13(10-18(16)36-26(17)31)35-20(28)12-27-24(29)14-6-4-5-7-15(14)25(27)30/h4-11H,12H2,1-3H3. The third-order valence-electron chi connectivity index (χ3n) is 5.87. The molecule has 0 saturated heterocycles. The molecule has 0 radical (unpaired) electrons. The van der Waals surface area contributed by atoms with E-state index in [9.17, 15) is 19.2 Å². The van der Waals surface area contributed by atoms with Crippen LogP contribution in [0.3, 0.4) is 0 Å². The second-order valence-corrected chi connectivity index (χ2v) is 7.83. The van der Waals surface area contributed by atoms with Crippen LogP contribution < -0.4 is 24.6 Å². The van der Waals surface area contributed by atoms with Crippen molar-refractivity contribution in [2.24, 2.45) is 0 Å². The summed E-state index contributed by atoms with van der Waals surface area (Å²) in [5.74, 6) is -1.04. The summed E-state index contributed by atoms with van der Waals surface area (Å²) in [5, 5.41) is 1.15. The van der Waals surface area contributed by atoms with E-state index in [0.29, 0.717) is 22.3 Å². The Morgan fingerprint density at radius 3 is 2.11 bits per heavy atom. The number of methoxy groups -OCH3 is 3. The smallest absolute Gasteiger partial charge is 0.344 e. The summed E-state index contributed by atoms with van der Waals surface area (Å²) in [6.45, 7) is -0.573. The number of hydrogen-bond donors (Lipinski definition) is 0. The van der Waals surface area contributed by atoms with Crippen molar-refractivity contribution >= 4 is 39.5 Å². The number of amides is 2. The molecule has 5 rings (SSSR count). The molecule has 0 N–H and O–H groups in total. The van der Waals surface area contributed by atoms with Gasteiger partial charge in [-0.25, -0.2) is 9.59 Å². The Morgan fingerprint density at radius 1 is 0.833 bits per heavy atom. The number of esters is 1. The predicted octanol–water partition coefficient (Wildman–Crippen LogP) is 3.17. The Balaban J connectivity index is 1.48. The lowest BCUT2D eigenvalue weighted by molar-refractivity contribution is -0.134. The number of hydrogen-bond acceptors (Lipinski definition) is 9. The van der Waals surface area contributed by atoms with E-state index in [1.807, 2.05) is 0 Å². The number of carbonyl (C=O) groups excluding carboxylic acids is 3. The fourth-order valence-electron chi connectivity index (χ4n) is 4.27. The average Bonchev–Trinajstić information content (AvgIpc) is 3.12. The minimum absolute atomic E-state index is 0.0612. The van der Waals surface area contributed by atoms with Gasteiger partial charge in [0, 0.05) is 16.8 Å². The molecule has 0 fully saturated rings. The van der Waals surface area contributed by atoms with Crippen LogP contribution in [0.25, 0.3) is 21.7 Å². The fourth-order valence-corrected chi connectivity index (χ4v) is 4.27. The molecular weight excluding hydrogens is 470 g/mol. The molecule has 36 heavy (non-hydrogen) atoms. The Morgan fingerprint density at radius 2 is 1.50 bits per heavy atom. The number of ether oxygens (including phenoxy) is 4. The van der Waals surface area contributed by atoms with Crippen molar-refractivity contribution in [1.82, 2.24) is 4.90 Å². The summed E-state index contributed by atoms with van der Waals surface area (Å²) in [7, 11) is 4.33. The Hall–Kier alpha value is -4.86. The molecule has 10 nitrogen and oxygen atoms in total. The minimum Gasteiger partial charge on any atom is -0.493 e. The maximum absolute atomic E-state index is 12.8. The zero-order valence-corrected chi connectivity index (χ0v) is 19.4. The van der Waals surface area contributed by atoms with Gasteiger partial charge < -0.3 is 23.4 Å². The molecule has 0 spiro atoms. The molecule has 0 atom stereocenters. The molecule has 0 unspecified atom stereocenters. The SMILES string of the molecule is COc1cc2c(=O)oc3cc(OC(=O)CN4C(=O)c5ccccc5C4=O)ccc3c2c(OC)c1OC. The van der Waals surface area contributed by atoms with Gasteiger partial charge in [-0.1, -0.05) is 12.1 Å². The first-order chi connectivity index (χ1) is 17.4. The van der Waals surface area contributed by atoms with E-state index in [1.54, 1.807) is 18.2 Å². The first kappa shape index (κ1) is 22.9. The van der Waals surface area contributed by atoms with Crippen LogP contribution in [0, 0.1) is 0 Å². The molecule has 0 aliphatic carbocycles. The highest BCUT2D eigenvalue weighted by Crippen LogP contribution is 2.45. The van der Waals surface area contributed by atoms with Gasteiger partial charge in [-0.2, -0.15) is 0 Å². The van der Waals surface area contributed by atoms with Crippen LogP contribution >= 0.6 is 0 Å². The van der Waals surface area contributed by atoms with Gasteiger partial charge in [0.2, 0.25) is 5.75 Å². The zero-order valence-electron chi connectivity index (χ0n) is 19.4. The minimum atomic E-state index is -0.837. The van der Waals surface area contributed by atoms with Crippen molar-refractivity contribution < 1.29 is 37.7 Å². The van der Waals surface area contributed by atoms with E-state index in [4.69, 9.17) is 23.4 Å². The lowest BCUT2D eigenvalue weighted by atomic mass is 10.0. The van der Waals surface area contributed by atoms with Crippen LogP contribution in [0.15, 0.2) is 57.7 Å². The molecule has 0 bridgehead atoms. The topological polar surface area (TPSA) is 122 Å². The molecule has 1 aliphatic heterocycles. The number of rotatable bonds is 6.